The number of rotatable bonds is 7. The number of hydrogen-bond acceptors (Lipinski definition) is 3. The lowest BCUT2D eigenvalue weighted by Gasteiger charge is -2.15. The Morgan fingerprint density at radius 1 is 1.24 bits per heavy atom. The molecule has 0 radical (unpaired) electrons. The monoisotopic (exact) mass is 400 g/mol. The molecule has 8 heteroatoms. The van der Waals surface area contributed by atoms with E-state index in [-0.39, 0.29) is 24.7 Å². The molecule has 0 saturated heterocycles. The number of aryl methyl sites for hydroxylation is 1. The Hall–Kier alpha value is -3.60. The smallest absolute Gasteiger partial charge is 0.387 e. The average molecular weight is 400 g/mol. The maximum absolute atomic E-state index is 12.6. The molecule has 2 aromatic carbocycles. The standard InChI is InChI=1S/C21H22F2N4O2/c1-4-15-6-5-7-17(11-15)27-19(28)13-26-21(24-3)25-12-16-10-14(2)8-9-18(16)29-20(22)23/h1,5-11,20H,12-13H2,2-3H3,(H,27,28)(H2,24,25,26). The van der Waals surface area contributed by atoms with E-state index in [4.69, 9.17) is 6.42 Å². The Bertz CT molecular complexity index is 923. The van der Waals surface area contributed by atoms with Crippen molar-refractivity contribution in [2.75, 3.05) is 18.9 Å². The van der Waals surface area contributed by atoms with E-state index in [1.165, 1.54) is 13.1 Å². The first-order valence-corrected chi connectivity index (χ1v) is 8.76. The molecule has 0 unspecified atom stereocenters. The highest BCUT2D eigenvalue weighted by molar-refractivity contribution is 5.95. The number of terminal acetylenes is 1. The Morgan fingerprint density at radius 2 is 2.03 bits per heavy atom. The molecule has 6 nitrogen and oxygen atoms in total. The van der Waals surface area contributed by atoms with Crippen LogP contribution in [0, 0.1) is 19.3 Å². The molecule has 0 aliphatic rings. The van der Waals surface area contributed by atoms with E-state index in [1.54, 1.807) is 36.4 Å². The lowest BCUT2D eigenvalue weighted by Crippen LogP contribution is -2.41. The number of amides is 1. The summed E-state index contributed by atoms with van der Waals surface area (Å²) < 4.78 is 29.7. The number of hydrogen-bond donors (Lipinski definition) is 3. The van der Waals surface area contributed by atoms with E-state index in [9.17, 15) is 13.6 Å². The molecule has 0 spiro atoms. The van der Waals surface area contributed by atoms with Gasteiger partial charge in [0.1, 0.15) is 5.75 Å². The zero-order valence-corrected chi connectivity index (χ0v) is 16.1. The van der Waals surface area contributed by atoms with Gasteiger partial charge in [-0.1, -0.05) is 29.7 Å². The van der Waals surface area contributed by atoms with Crippen molar-refractivity contribution < 1.29 is 18.3 Å². The van der Waals surface area contributed by atoms with Crippen molar-refractivity contribution in [2.45, 2.75) is 20.1 Å². The third-order valence-electron chi connectivity index (χ3n) is 3.83. The second-order valence-corrected chi connectivity index (χ2v) is 6.04. The SMILES string of the molecule is C#Cc1cccc(NC(=O)CNC(=NC)NCc2cc(C)ccc2OC(F)F)c1. The number of aliphatic imine (C=N–C) groups is 1. The summed E-state index contributed by atoms with van der Waals surface area (Å²) >= 11 is 0. The second kappa shape index (κ2) is 10.7. The summed E-state index contributed by atoms with van der Waals surface area (Å²) in [6.45, 7) is -0.920. The van der Waals surface area contributed by atoms with Gasteiger partial charge in [-0.05, 0) is 31.2 Å². The number of halogens is 2. The van der Waals surface area contributed by atoms with Crippen molar-refractivity contribution >= 4 is 17.6 Å². The van der Waals surface area contributed by atoms with Crippen molar-refractivity contribution in [3.8, 4) is 18.1 Å². The van der Waals surface area contributed by atoms with Crippen molar-refractivity contribution in [2.24, 2.45) is 4.99 Å². The molecule has 0 aromatic heterocycles. The molecule has 2 aromatic rings. The molecular formula is C21H22F2N4O2. The molecule has 0 fully saturated rings. The Morgan fingerprint density at radius 3 is 2.72 bits per heavy atom. The van der Waals surface area contributed by atoms with Gasteiger partial charge >= 0.3 is 6.61 Å². The minimum atomic E-state index is -2.91. The highest BCUT2D eigenvalue weighted by Gasteiger charge is 2.11. The molecule has 0 atom stereocenters. The number of anilines is 1. The predicted molar refractivity (Wildman–Crippen MR) is 109 cm³/mol. The fourth-order valence-electron chi connectivity index (χ4n) is 2.51. The summed E-state index contributed by atoms with van der Waals surface area (Å²) in [5.41, 5.74) is 2.70. The van der Waals surface area contributed by atoms with Crippen LogP contribution in [0.3, 0.4) is 0 Å². The first kappa shape index (κ1) is 21.7. The number of nitrogens with zero attached hydrogens (tertiary/aromatic N) is 1. The van der Waals surface area contributed by atoms with Gasteiger partial charge in [-0.25, -0.2) is 0 Å². The van der Waals surface area contributed by atoms with E-state index in [0.717, 1.165) is 5.56 Å². The van der Waals surface area contributed by atoms with Crippen molar-refractivity contribution in [3.05, 3.63) is 59.2 Å². The predicted octanol–water partition coefficient (Wildman–Crippen LogP) is 2.88. The molecule has 0 aliphatic carbocycles. The van der Waals surface area contributed by atoms with Crippen molar-refractivity contribution in [3.63, 3.8) is 0 Å². The molecule has 1 amide bonds. The lowest BCUT2D eigenvalue weighted by atomic mass is 10.1. The van der Waals surface area contributed by atoms with Gasteiger partial charge in [-0.2, -0.15) is 8.78 Å². The minimum absolute atomic E-state index is 0.0475. The normalized spacial score (nSPS) is 11.0. The van der Waals surface area contributed by atoms with E-state index in [2.05, 4.69) is 31.6 Å². The third-order valence-corrected chi connectivity index (χ3v) is 3.83. The maximum atomic E-state index is 12.6. The Kier molecular flexibility index (Phi) is 7.98. The van der Waals surface area contributed by atoms with Gasteiger partial charge in [0.2, 0.25) is 5.91 Å². The van der Waals surface area contributed by atoms with E-state index in [1.807, 2.05) is 6.92 Å². The van der Waals surface area contributed by atoms with Gasteiger partial charge in [0.25, 0.3) is 0 Å². The fraction of sp³-hybridized carbons (Fsp3) is 0.238. The van der Waals surface area contributed by atoms with Crippen LogP contribution in [-0.2, 0) is 11.3 Å². The quantitative estimate of drug-likeness (QED) is 0.380. The molecule has 0 bridgehead atoms. The van der Waals surface area contributed by atoms with Gasteiger partial charge in [0.05, 0.1) is 6.54 Å². The largest absolute Gasteiger partial charge is 0.434 e. The van der Waals surface area contributed by atoms with Gasteiger partial charge in [0.15, 0.2) is 5.96 Å². The average Bonchev–Trinajstić information content (AvgIpc) is 2.69. The van der Waals surface area contributed by atoms with Crippen molar-refractivity contribution in [1.82, 2.24) is 10.6 Å². The number of benzene rings is 2. The number of nitrogens with one attached hydrogen (secondary N) is 3. The second-order valence-electron chi connectivity index (χ2n) is 6.04. The van der Waals surface area contributed by atoms with Crippen LogP contribution in [0.5, 0.6) is 5.75 Å². The highest BCUT2D eigenvalue weighted by atomic mass is 19.3. The van der Waals surface area contributed by atoms with Gasteiger partial charge in [0, 0.05) is 30.4 Å². The third kappa shape index (κ3) is 7.14. The summed E-state index contributed by atoms with van der Waals surface area (Å²) in [6, 6.07) is 11.8. The number of carbonyl (C=O) groups excluding carboxylic acids is 1. The lowest BCUT2D eigenvalue weighted by molar-refractivity contribution is -0.115. The summed E-state index contributed by atoms with van der Waals surface area (Å²) in [5, 5.41) is 8.56. The number of carbonyl (C=O) groups is 1. The zero-order valence-electron chi connectivity index (χ0n) is 16.1. The first-order chi connectivity index (χ1) is 13.9. The molecule has 152 valence electrons. The van der Waals surface area contributed by atoms with Crippen LogP contribution in [0.25, 0.3) is 0 Å². The zero-order chi connectivity index (χ0) is 21.2. The Balaban J connectivity index is 1.90. The fourth-order valence-corrected chi connectivity index (χ4v) is 2.51. The number of alkyl halides is 2. The minimum Gasteiger partial charge on any atom is -0.434 e. The van der Waals surface area contributed by atoms with Crippen LogP contribution in [0.2, 0.25) is 0 Å². The number of ether oxygens (including phenoxy) is 1. The summed E-state index contributed by atoms with van der Waals surface area (Å²) in [4.78, 5) is 16.1. The van der Waals surface area contributed by atoms with Crippen LogP contribution in [0.15, 0.2) is 47.5 Å². The summed E-state index contributed by atoms with van der Waals surface area (Å²) in [7, 11) is 1.54. The van der Waals surface area contributed by atoms with E-state index >= 15 is 0 Å². The molecule has 3 N–H and O–H groups in total. The molecule has 2 rings (SSSR count). The molecule has 0 heterocycles. The Labute approximate surface area is 168 Å². The van der Waals surface area contributed by atoms with Crippen LogP contribution in [-0.4, -0.2) is 32.1 Å². The first-order valence-electron chi connectivity index (χ1n) is 8.76. The molecule has 0 saturated carbocycles. The van der Waals surface area contributed by atoms with Crippen LogP contribution >= 0.6 is 0 Å². The molecular weight excluding hydrogens is 378 g/mol. The van der Waals surface area contributed by atoms with Gasteiger partial charge in [-0.15, -0.1) is 6.42 Å². The van der Waals surface area contributed by atoms with Crippen LogP contribution < -0.4 is 20.7 Å². The van der Waals surface area contributed by atoms with Gasteiger partial charge in [-0.3, -0.25) is 9.79 Å². The summed E-state index contributed by atoms with van der Waals surface area (Å²) in [6.07, 6.45) is 5.34. The number of guanidine groups is 1. The van der Waals surface area contributed by atoms with Crippen LogP contribution in [0.4, 0.5) is 14.5 Å². The molecule has 29 heavy (non-hydrogen) atoms. The van der Waals surface area contributed by atoms with E-state index < -0.39 is 6.61 Å². The topological polar surface area (TPSA) is 74.8 Å². The van der Waals surface area contributed by atoms with Crippen molar-refractivity contribution in [1.29, 1.82) is 0 Å². The van der Waals surface area contributed by atoms with Gasteiger partial charge < -0.3 is 20.7 Å². The molecule has 0 aliphatic heterocycles. The highest BCUT2D eigenvalue weighted by Crippen LogP contribution is 2.21. The maximum Gasteiger partial charge on any atom is 0.387 e. The van der Waals surface area contributed by atoms with Crippen LogP contribution in [0.1, 0.15) is 16.7 Å². The summed E-state index contributed by atoms with van der Waals surface area (Å²) in [5.74, 6) is 2.63. The van der Waals surface area contributed by atoms with E-state index in [0.29, 0.717) is 22.8 Å².